The summed E-state index contributed by atoms with van der Waals surface area (Å²) in [5.41, 5.74) is -0.812. The second-order valence-electron chi connectivity index (χ2n) is 5.93. The monoisotopic (exact) mass is 375 g/mol. The predicted molar refractivity (Wildman–Crippen MR) is 85.2 cm³/mol. The van der Waals surface area contributed by atoms with Crippen LogP contribution < -0.4 is 10.2 Å². The zero-order chi connectivity index (χ0) is 19.3. The minimum absolute atomic E-state index is 0.362. The van der Waals surface area contributed by atoms with Gasteiger partial charge in [-0.2, -0.15) is 13.2 Å². The number of aliphatic hydroxyl groups is 1. The van der Waals surface area contributed by atoms with Crippen molar-refractivity contribution in [3.05, 3.63) is 23.9 Å². The van der Waals surface area contributed by atoms with E-state index < -0.39 is 30.4 Å². The fourth-order valence-corrected chi connectivity index (χ4v) is 2.72. The van der Waals surface area contributed by atoms with Crippen LogP contribution in [-0.4, -0.2) is 54.8 Å². The van der Waals surface area contributed by atoms with Crippen molar-refractivity contribution in [1.82, 2.24) is 10.3 Å². The third kappa shape index (κ3) is 4.84. The van der Waals surface area contributed by atoms with Gasteiger partial charge in [0.05, 0.1) is 19.3 Å². The third-order valence-electron chi connectivity index (χ3n) is 4.25. The molecular formula is C16H20F3N3O4. The van der Waals surface area contributed by atoms with Crippen molar-refractivity contribution in [2.24, 2.45) is 5.92 Å². The first-order valence-corrected chi connectivity index (χ1v) is 8.03. The summed E-state index contributed by atoms with van der Waals surface area (Å²) in [5, 5.41) is 11.6. The normalized spacial score (nSPS) is 16.9. The maximum atomic E-state index is 12.6. The Kier molecular flexibility index (Phi) is 6.41. The zero-order valence-corrected chi connectivity index (χ0v) is 14.1. The summed E-state index contributed by atoms with van der Waals surface area (Å²) in [6, 6.07) is 1.17. The van der Waals surface area contributed by atoms with Crippen molar-refractivity contribution in [2.75, 3.05) is 31.7 Å². The van der Waals surface area contributed by atoms with E-state index in [1.165, 1.54) is 6.07 Å². The zero-order valence-electron chi connectivity index (χ0n) is 14.1. The number of alkyl halides is 3. The number of aliphatic hydroxyl groups excluding tert-OH is 1. The van der Waals surface area contributed by atoms with E-state index in [1.807, 2.05) is 0 Å². The van der Waals surface area contributed by atoms with Crippen LogP contribution in [0.2, 0.25) is 0 Å². The van der Waals surface area contributed by atoms with Crippen molar-refractivity contribution in [3.63, 3.8) is 0 Å². The molecule has 0 bridgehead atoms. The number of hydrogen-bond donors (Lipinski definition) is 2. The van der Waals surface area contributed by atoms with Crippen LogP contribution in [0.15, 0.2) is 18.3 Å². The van der Waals surface area contributed by atoms with Gasteiger partial charge in [-0.25, -0.2) is 9.78 Å². The summed E-state index contributed by atoms with van der Waals surface area (Å²) >= 11 is 0. The van der Waals surface area contributed by atoms with Crippen LogP contribution in [0, 0.1) is 5.92 Å². The highest BCUT2D eigenvalue weighted by Crippen LogP contribution is 2.30. The topological polar surface area (TPSA) is 91.8 Å². The summed E-state index contributed by atoms with van der Waals surface area (Å²) in [6.07, 6.45) is -2.74. The molecule has 144 valence electrons. The molecule has 10 heteroatoms. The molecule has 0 aliphatic carbocycles. The van der Waals surface area contributed by atoms with E-state index in [4.69, 9.17) is 5.11 Å². The van der Waals surface area contributed by atoms with Gasteiger partial charge in [-0.05, 0) is 25.0 Å². The maximum Gasteiger partial charge on any atom is 0.417 e. The van der Waals surface area contributed by atoms with Crippen LogP contribution >= 0.6 is 0 Å². The van der Waals surface area contributed by atoms with Crippen LogP contribution in [0.25, 0.3) is 0 Å². The smallest absolute Gasteiger partial charge is 0.417 e. The number of ether oxygens (including phenoxy) is 1. The van der Waals surface area contributed by atoms with Crippen molar-refractivity contribution in [1.29, 1.82) is 0 Å². The van der Waals surface area contributed by atoms with Gasteiger partial charge in [0, 0.05) is 25.2 Å². The van der Waals surface area contributed by atoms with Crippen LogP contribution in [-0.2, 0) is 20.5 Å². The number of methoxy groups -OCH3 is 1. The molecule has 1 aliphatic rings. The van der Waals surface area contributed by atoms with Gasteiger partial charge in [0.15, 0.2) is 6.04 Å². The van der Waals surface area contributed by atoms with Crippen molar-refractivity contribution < 1.29 is 32.6 Å². The number of aromatic nitrogens is 1. The van der Waals surface area contributed by atoms with Crippen LogP contribution in [0.5, 0.6) is 0 Å². The first-order chi connectivity index (χ1) is 12.3. The Morgan fingerprint density at radius 3 is 2.50 bits per heavy atom. The number of esters is 1. The largest absolute Gasteiger partial charge is 0.467 e. The van der Waals surface area contributed by atoms with Gasteiger partial charge in [-0.3, -0.25) is 4.79 Å². The lowest BCUT2D eigenvalue weighted by Crippen LogP contribution is -2.48. The number of rotatable bonds is 5. The van der Waals surface area contributed by atoms with Crippen LogP contribution in [0.3, 0.4) is 0 Å². The highest BCUT2D eigenvalue weighted by molar-refractivity contribution is 5.86. The Morgan fingerprint density at radius 1 is 1.38 bits per heavy atom. The van der Waals surface area contributed by atoms with Crippen molar-refractivity contribution in [3.8, 4) is 0 Å². The molecule has 0 unspecified atom stereocenters. The van der Waals surface area contributed by atoms with E-state index in [2.05, 4.69) is 15.0 Å². The Morgan fingerprint density at radius 2 is 2.04 bits per heavy atom. The minimum Gasteiger partial charge on any atom is -0.467 e. The molecule has 2 heterocycles. The molecule has 1 saturated heterocycles. The number of anilines is 1. The molecule has 1 aromatic rings. The summed E-state index contributed by atoms with van der Waals surface area (Å²) in [7, 11) is 1.16. The first-order valence-electron chi connectivity index (χ1n) is 8.03. The Hall–Kier alpha value is -2.36. The fraction of sp³-hybridized carbons (Fsp3) is 0.562. The number of nitrogens with one attached hydrogen (secondary N) is 1. The number of halogens is 3. The lowest BCUT2D eigenvalue weighted by molar-refractivity contribution is -0.146. The fourth-order valence-electron chi connectivity index (χ4n) is 2.72. The van der Waals surface area contributed by atoms with Gasteiger partial charge in [0.25, 0.3) is 0 Å². The summed E-state index contributed by atoms with van der Waals surface area (Å²) < 4.78 is 42.2. The van der Waals surface area contributed by atoms with E-state index in [-0.39, 0.29) is 11.8 Å². The first kappa shape index (κ1) is 20.0. The molecule has 7 nitrogen and oxygen atoms in total. The van der Waals surface area contributed by atoms with Gasteiger partial charge in [-0.1, -0.05) is 0 Å². The molecule has 2 N–H and O–H groups in total. The molecule has 0 aromatic carbocycles. The van der Waals surface area contributed by atoms with Gasteiger partial charge in [-0.15, -0.1) is 0 Å². The van der Waals surface area contributed by atoms with Gasteiger partial charge in [0.1, 0.15) is 5.82 Å². The van der Waals surface area contributed by atoms with E-state index in [0.717, 1.165) is 19.4 Å². The molecule has 1 aromatic heterocycles. The number of hydrogen-bond acceptors (Lipinski definition) is 6. The van der Waals surface area contributed by atoms with Gasteiger partial charge >= 0.3 is 12.1 Å². The highest BCUT2D eigenvalue weighted by Gasteiger charge is 2.32. The molecule has 2 rings (SSSR count). The molecule has 0 spiro atoms. The Bertz CT molecular complexity index is 629. The standard InChI is InChI=1S/C16H20F3N3O4/c1-26-15(25)12(9-23)21-14(24)10-4-6-22(7-5-10)13-3-2-11(8-20-13)16(17,18)19/h2-3,8,10,12,23H,4-7,9H2,1H3,(H,21,24)/t12-/m0/s1. The quantitative estimate of drug-likeness (QED) is 0.745. The van der Waals surface area contributed by atoms with Crippen molar-refractivity contribution >= 4 is 17.7 Å². The van der Waals surface area contributed by atoms with E-state index in [0.29, 0.717) is 31.7 Å². The molecule has 1 aliphatic heterocycles. The number of nitrogens with zero attached hydrogens (tertiary/aromatic N) is 2. The molecule has 0 radical (unpaired) electrons. The number of piperidine rings is 1. The molecule has 1 atom stereocenters. The highest BCUT2D eigenvalue weighted by atomic mass is 19.4. The average Bonchev–Trinajstić information content (AvgIpc) is 2.64. The lowest BCUT2D eigenvalue weighted by Gasteiger charge is -2.32. The molecule has 0 saturated carbocycles. The van der Waals surface area contributed by atoms with E-state index in [1.54, 1.807) is 4.90 Å². The second kappa shape index (κ2) is 8.35. The lowest BCUT2D eigenvalue weighted by atomic mass is 9.95. The number of carbonyl (C=O) groups excluding carboxylic acids is 2. The van der Waals surface area contributed by atoms with Crippen LogP contribution in [0.1, 0.15) is 18.4 Å². The Balaban J connectivity index is 1.90. The molecular weight excluding hydrogens is 355 g/mol. The molecule has 26 heavy (non-hydrogen) atoms. The second-order valence-corrected chi connectivity index (χ2v) is 5.93. The summed E-state index contributed by atoms with van der Waals surface area (Å²) in [5.74, 6) is -1.04. The van der Waals surface area contributed by atoms with Gasteiger partial charge < -0.3 is 20.1 Å². The van der Waals surface area contributed by atoms with E-state index >= 15 is 0 Å². The summed E-state index contributed by atoms with van der Waals surface area (Å²) in [4.78, 5) is 29.2. The maximum absolute atomic E-state index is 12.6. The SMILES string of the molecule is COC(=O)[C@H](CO)NC(=O)C1CCN(c2ccc(C(F)(F)F)cn2)CC1. The number of carbonyl (C=O) groups is 2. The van der Waals surface area contributed by atoms with Gasteiger partial charge in [0.2, 0.25) is 5.91 Å². The predicted octanol–water partition coefficient (Wildman–Crippen LogP) is 0.967. The van der Waals surface area contributed by atoms with Crippen molar-refractivity contribution in [2.45, 2.75) is 25.1 Å². The van der Waals surface area contributed by atoms with Crippen LogP contribution in [0.4, 0.5) is 19.0 Å². The third-order valence-corrected chi connectivity index (χ3v) is 4.25. The number of amides is 1. The van der Waals surface area contributed by atoms with E-state index in [9.17, 15) is 22.8 Å². The molecule has 1 fully saturated rings. The summed E-state index contributed by atoms with van der Waals surface area (Å²) in [6.45, 7) is 0.323. The Labute approximate surface area is 148 Å². The number of pyridine rings is 1. The minimum atomic E-state index is -4.43. The average molecular weight is 375 g/mol. The molecule has 1 amide bonds.